The van der Waals surface area contributed by atoms with Gasteiger partial charge in [0, 0.05) is 19.2 Å². The molecule has 0 fully saturated rings. The van der Waals surface area contributed by atoms with E-state index in [0.717, 1.165) is 23.4 Å². The van der Waals surface area contributed by atoms with Gasteiger partial charge in [-0.25, -0.2) is 4.98 Å². The first-order valence-corrected chi connectivity index (χ1v) is 9.98. The number of amides is 1. The second-order valence-corrected chi connectivity index (χ2v) is 7.41. The number of thioether (sulfide) groups is 1. The van der Waals surface area contributed by atoms with Crippen LogP contribution in [0.15, 0.2) is 46.2 Å². The molecule has 5 nitrogen and oxygen atoms in total. The van der Waals surface area contributed by atoms with Gasteiger partial charge in [0.05, 0.1) is 5.75 Å². The Bertz CT molecular complexity index is 812. The summed E-state index contributed by atoms with van der Waals surface area (Å²) in [6.45, 7) is 2.76. The molecule has 0 radical (unpaired) electrons. The maximum atomic E-state index is 12.2. The first-order valence-electron chi connectivity index (χ1n) is 8.05. The summed E-state index contributed by atoms with van der Waals surface area (Å²) in [5, 5.41) is 11.8. The zero-order valence-corrected chi connectivity index (χ0v) is 15.9. The topological polar surface area (TPSA) is 61.9 Å². The van der Waals surface area contributed by atoms with Gasteiger partial charge in [-0.2, -0.15) is 11.3 Å². The molecule has 0 atom stereocenters. The number of benzene rings is 1. The minimum Gasteiger partial charge on any atom is -0.341 e. The van der Waals surface area contributed by atoms with Crippen molar-refractivity contribution in [2.24, 2.45) is 0 Å². The number of aromatic amines is 1. The van der Waals surface area contributed by atoms with Gasteiger partial charge >= 0.3 is 0 Å². The van der Waals surface area contributed by atoms with E-state index in [9.17, 15) is 4.79 Å². The number of nitrogens with one attached hydrogen (secondary N) is 1. The van der Waals surface area contributed by atoms with Crippen molar-refractivity contribution >= 4 is 29.0 Å². The van der Waals surface area contributed by atoms with E-state index in [1.54, 1.807) is 16.2 Å². The van der Waals surface area contributed by atoms with Crippen LogP contribution in [0.25, 0.3) is 11.4 Å². The Kier molecular flexibility index (Phi) is 5.88. The number of rotatable bonds is 7. The van der Waals surface area contributed by atoms with Crippen LogP contribution < -0.4 is 0 Å². The Morgan fingerprint density at radius 3 is 2.72 bits per heavy atom. The average Bonchev–Trinajstić information content (AvgIpc) is 3.31. The molecule has 0 aliphatic heterocycles. The fraction of sp³-hybridized carbons (Fsp3) is 0.278. The van der Waals surface area contributed by atoms with Crippen molar-refractivity contribution in [3.63, 3.8) is 0 Å². The average molecular weight is 373 g/mol. The normalized spacial score (nSPS) is 10.8. The third-order valence-electron chi connectivity index (χ3n) is 3.85. The summed E-state index contributed by atoms with van der Waals surface area (Å²) in [5.74, 6) is 1.12. The molecule has 0 saturated carbocycles. The van der Waals surface area contributed by atoms with Crippen LogP contribution in [0.4, 0.5) is 0 Å². The van der Waals surface area contributed by atoms with Crippen LogP contribution >= 0.6 is 23.1 Å². The van der Waals surface area contributed by atoms with E-state index in [1.807, 2.05) is 30.6 Å². The first-order chi connectivity index (χ1) is 12.2. The van der Waals surface area contributed by atoms with Crippen molar-refractivity contribution in [3.8, 4) is 11.4 Å². The second kappa shape index (κ2) is 8.31. The highest BCUT2D eigenvalue weighted by Crippen LogP contribution is 2.20. The van der Waals surface area contributed by atoms with E-state index < -0.39 is 0 Å². The number of H-pyrrole nitrogens is 1. The predicted molar refractivity (Wildman–Crippen MR) is 103 cm³/mol. The monoisotopic (exact) mass is 372 g/mol. The van der Waals surface area contributed by atoms with Crippen molar-refractivity contribution in [2.75, 3.05) is 12.8 Å². The number of thiophene rings is 1. The molecule has 2 heterocycles. The van der Waals surface area contributed by atoms with Gasteiger partial charge in [-0.05, 0) is 34.4 Å². The second-order valence-electron chi connectivity index (χ2n) is 5.69. The lowest BCUT2D eigenvalue weighted by atomic mass is 10.1. The molecule has 25 heavy (non-hydrogen) atoms. The minimum atomic E-state index is 0.0647. The molecule has 0 aliphatic carbocycles. The number of hydrogen-bond donors (Lipinski definition) is 1. The van der Waals surface area contributed by atoms with E-state index in [-0.39, 0.29) is 5.91 Å². The Balaban J connectivity index is 1.55. The van der Waals surface area contributed by atoms with Gasteiger partial charge in [0.15, 0.2) is 5.82 Å². The van der Waals surface area contributed by atoms with Gasteiger partial charge in [0.2, 0.25) is 11.1 Å². The maximum Gasteiger partial charge on any atom is 0.233 e. The number of carbonyl (C=O) groups excluding carboxylic acids is 1. The molecule has 3 rings (SSSR count). The van der Waals surface area contributed by atoms with Gasteiger partial charge in [0.1, 0.15) is 0 Å². The van der Waals surface area contributed by atoms with Crippen LogP contribution in [0.1, 0.15) is 18.1 Å². The molecule has 1 N–H and O–H groups in total. The molecular weight excluding hydrogens is 352 g/mol. The highest BCUT2D eigenvalue weighted by molar-refractivity contribution is 7.99. The number of hydrogen-bond acceptors (Lipinski definition) is 5. The maximum absolute atomic E-state index is 12.2. The summed E-state index contributed by atoms with van der Waals surface area (Å²) in [6.07, 6.45) is 1.01. The zero-order chi connectivity index (χ0) is 17.6. The quantitative estimate of drug-likeness (QED) is 0.640. The summed E-state index contributed by atoms with van der Waals surface area (Å²) in [7, 11) is 1.82. The molecule has 0 aliphatic rings. The Morgan fingerprint density at radius 1 is 1.24 bits per heavy atom. The molecule has 2 aromatic heterocycles. The standard InChI is InChI=1S/C18H20N4OS2/c1-3-13-4-6-15(7-5-13)17-19-18(21-20-17)25-12-16(23)22(2)10-14-8-9-24-11-14/h4-9,11H,3,10,12H2,1-2H3,(H,19,20,21). The van der Waals surface area contributed by atoms with Crippen LogP contribution in [0, 0.1) is 0 Å². The van der Waals surface area contributed by atoms with Gasteiger partial charge in [-0.15, -0.1) is 5.10 Å². The van der Waals surface area contributed by atoms with Crippen molar-refractivity contribution in [1.29, 1.82) is 0 Å². The summed E-state index contributed by atoms with van der Waals surface area (Å²) in [5.41, 5.74) is 3.44. The molecule has 0 spiro atoms. The third-order valence-corrected chi connectivity index (χ3v) is 5.41. The molecule has 1 amide bonds. The van der Waals surface area contributed by atoms with Gasteiger partial charge < -0.3 is 4.90 Å². The number of aromatic nitrogens is 3. The largest absolute Gasteiger partial charge is 0.341 e. The van der Waals surface area contributed by atoms with E-state index >= 15 is 0 Å². The van der Waals surface area contributed by atoms with Gasteiger partial charge in [-0.1, -0.05) is 43.0 Å². The van der Waals surface area contributed by atoms with Crippen molar-refractivity contribution in [1.82, 2.24) is 20.1 Å². The molecule has 0 bridgehead atoms. The Morgan fingerprint density at radius 2 is 2.04 bits per heavy atom. The lowest BCUT2D eigenvalue weighted by Gasteiger charge is -2.15. The van der Waals surface area contributed by atoms with Crippen molar-refractivity contribution in [3.05, 3.63) is 52.2 Å². The van der Waals surface area contributed by atoms with E-state index in [4.69, 9.17) is 0 Å². The molecule has 130 valence electrons. The van der Waals surface area contributed by atoms with Crippen molar-refractivity contribution < 1.29 is 4.79 Å². The van der Waals surface area contributed by atoms with Gasteiger partial charge in [-0.3, -0.25) is 9.89 Å². The third kappa shape index (κ3) is 4.70. The van der Waals surface area contributed by atoms with E-state index in [0.29, 0.717) is 17.5 Å². The van der Waals surface area contributed by atoms with Gasteiger partial charge in [0.25, 0.3) is 0 Å². The number of nitrogens with zero attached hydrogens (tertiary/aromatic N) is 3. The van der Waals surface area contributed by atoms with Crippen LogP contribution in [0.3, 0.4) is 0 Å². The molecular formula is C18H20N4OS2. The van der Waals surface area contributed by atoms with Crippen molar-refractivity contribution in [2.45, 2.75) is 25.0 Å². The SMILES string of the molecule is CCc1ccc(-c2nc(SCC(=O)N(C)Cc3ccsc3)n[nH]2)cc1. The highest BCUT2D eigenvalue weighted by Gasteiger charge is 2.13. The van der Waals surface area contributed by atoms with E-state index in [2.05, 4.69) is 39.6 Å². The van der Waals surface area contributed by atoms with Crippen LogP contribution in [0.5, 0.6) is 0 Å². The van der Waals surface area contributed by atoms with Crippen LogP contribution in [-0.2, 0) is 17.8 Å². The Hall–Kier alpha value is -2.12. The van der Waals surface area contributed by atoms with Crippen LogP contribution in [-0.4, -0.2) is 38.8 Å². The molecule has 1 aromatic carbocycles. The minimum absolute atomic E-state index is 0.0647. The van der Waals surface area contributed by atoms with Crippen LogP contribution in [0.2, 0.25) is 0 Å². The lowest BCUT2D eigenvalue weighted by Crippen LogP contribution is -2.27. The molecule has 0 unspecified atom stereocenters. The fourth-order valence-corrected chi connectivity index (χ4v) is 3.72. The summed E-state index contributed by atoms with van der Waals surface area (Å²) >= 11 is 2.99. The smallest absolute Gasteiger partial charge is 0.233 e. The number of aryl methyl sites for hydroxylation is 1. The lowest BCUT2D eigenvalue weighted by molar-refractivity contribution is -0.127. The summed E-state index contributed by atoms with van der Waals surface area (Å²) in [6, 6.07) is 10.3. The summed E-state index contributed by atoms with van der Waals surface area (Å²) < 4.78 is 0. The molecule has 3 aromatic rings. The predicted octanol–water partition coefficient (Wildman–Crippen LogP) is 3.85. The zero-order valence-electron chi connectivity index (χ0n) is 14.2. The first kappa shape index (κ1) is 17.7. The highest BCUT2D eigenvalue weighted by atomic mass is 32.2. The molecule has 0 saturated heterocycles. The number of carbonyl (C=O) groups is 1. The molecule has 7 heteroatoms. The summed E-state index contributed by atoms with van der Waals surface area (Å²) in [4.78, 5) is 18.4. The Labute approximate surface area is 155 Å². The van der Waals surface area contributed by atoms with E-state index in [1.165, 1.54) is 17.3 Å². The fourth-order valence-electron chi connectivity index (χ4n) is 2.32.